The van der Waals surface area contributed by atoms with Crippen LogP contribution in [0.4, 0.5) is 5.69 Å². The van der Waals surface area contributed by atoms with E-state index in [4.69, 9.17) is 4.74 Å². The van der Waals surface area contributed by atoms with Gasteiger partial charge in [-0.3, -0.25) is 0 Å². The number of anilines is 1. The number of ether oxygens (including phenoxy) is 1. The van der Waals surface area contributed by atoms with E-state index in [0.29, 0.717) is 0 Å². The van der Waals surface area contributed by atoms with E-state index >= 15 is 0 Å². The molecule has 20 heavy (non-hydrogen) atoms. The molecule has 0 fully saturated rings. The SMILES string of the molecule is COc1ccccc1CN(C)c1ccc([C@H](C)O)cc1. The summed E-state index contributed by atoms with van der Waals surface area (Å²) in [5, 5.41) is 9.53. The molecule has 0 aliphatic carbocycles. The van der Waals surface area contributed by atoms with E-state index in [2.05, 4.69) is 11.0 Å². The van der Waals surface area contributed by atoms with E-state index in [1.807, 2.05) is 49.5 Å². The van der Waals surface area contributed by atoms with Crippen LogP contribution >= 0.6 is 0 Å². The van der Waals surface area contributed by atoms with Crippen LogP contribution in [-0.2, 0) is 6.54 Å². The maximum atomic E-state index is 9.53. The highest BCUT2D eigenvalue weighted by Crippen LogP contribution is 2.23. The van der Waals surface area contributed by atoms with Crippen molar-refractivity contribution >= 4 is 5.69 Å². The average Bonchev–Trinajstić information content (AvgIpc) is 2.48. The van der Waals surface area contributed by atoms with E-state index < -0.39 is 6.10 Å². The third-order valence-corrected chi connectivity index (χ3v) is 3.42. The lowest BCUT2D eigenvalue weighted by molar-refractivity contribution is 0.199. The predicted octanol–water partition coefficient (Wildman–Crippen LogP) is 3.38. The smallest absolute Gasteiger partial charge is 0.123 e. The molecule has 3 nitrogen and oxygen atoms in total. The Morgan fingerprint density at radius 3 is 2.35 bits per heavy atom. The monoisotopic (exact) mass is 271 g/mol. The number of methoxy groups -OCH3 is 1. The Kier molecular flexibility index (Phi) is 4.64. The minimum absolute atomic E-state index is 0.427. The van der Waals surface area contributed by atoms with Crippen LogP contribution in [0.15, 0.2) is 48.5 Å². The van der Waals surface area contributed by atoms with Crippen LogP contribution in [-0.4, -0.2) is 19.3 Å². The van der Waals surface area contributed by atoms with Crippen molar-refractivity contribution in [2.75, 3.05) is 19.1 Å². The van der Waals surface area contributed by atoms with Crippen LogP contribution in [0.2, 0.25) is 0 Å². The lowest BCUT2D eigenvalue weighted by Gasteiger charge is -2.21. The first kappa shape index (κ1) is 14.4. The van der Waals surface area contributed by atoms with Crippen molar-refractivity contribution in [3.63, 3.8) is 0 Å². The number of rotatable bonds is 5. The van der Waals surface area contributed by atoms with Gasteiger partial charge in [-0.15, -0.1) is 0 Å². The minimum Gasteiger partial charge on any atom is -0.496 e. The molecule has 0 radical (unpaired) electrons. The molecule has 2 rings (SSSR count). The van der Waals surface area contributed by atoms with Gasteiger partial charge in [0.2, 0.25) is 0 Å². The van der Waals surface area contributed by atoms with Gasteiger partial charge in [0.1, 0.15) is 5.75 Å². The van der Waals surface area contributed by atoms with Crippen molar-refractivity contribution in [1.82, 2.24) is 0 Å². The lowest BCUT2D eigenvalue weighted by atomic mass is 10.1. The van der Waals surface area contributed by atoms with Crippen LogP contribution in [0.1, 0.15) is 24.2 Å². The molecule has 2 aromatic rings. The summed E-state index contributed by atoms with van der Waals surface area (Å²) < 4.78 is 5.37. The van der Waals surface area contributed by atoms with Gasteiger partial charge in [0.15, 0.2) is 0 Å². The molecule has 0 unspecified atom stereocenters. The van der Waals surface area contributed by atoms with Gasteiger partial charge in [0, 0.05) is 24.8 Å². The van der Waals surface area contributed by atoms with Gasteiger partial charge in [-0.05, 0) is 30.7 Å². The van der Waals surface area contributed by atoms with E-state index in [1.54, 1.807) is 14.0 Å². The van der Waals surface area contributed by atoms with Crippen molar-refractivity contribution in [3.05, 3.63) is 59.7 Å². The number of hydrogen-bond acceptors (Lipinski definition) is 3. The topological polar surface area (TPSA) is 32.7 Å². The van der Waals surface area contributed by atoms with Crippen LogP contribution in [0.5, 0.6) is 5.75 Å². The Labute approximate surface area is 120 Å². The molecule has 0 heterocycles. The molecule has 0 amide bonds. The second-order valence-electron chi connectivity index (χ2n) is 4.94. The molecule has 0 saturated heterocycles. The molecule has 0 saturated carbocycles. The van der Waals surface area contributed by atoms with Crippen molar-refractivity contribution in [2.24, 2.45) is 0 Å². The molecule has 0 spiro atoms. The first-order chi connectivity index (χ1) is 9.61. The van der Waals surface area contributed by atoms with E-state index in [9.17, 15) is 5.11 Å². The fourth-order valence-electron chi connectivity index (χ4n) is 2.19. The largest absolute Gasteiger partial charge is 0.496 e. The van der Waals surface area contributed by atoms with Crippen molar-refractivity contribution in [1.29, 1.82) is 0 Å². The number of para-hydroxylation sites is 1. The Morgan fingerprint density at radius 2 is 1.75 bits per heavy atom. The highest BCUT2D eigenvalue weighted by molar-refractivity contribution is 5.49. The highest BCUT2D eigenvalue weighted by Gasteiger charge is 2.07. The summed E-state index contributed by atoms with van der Waals surface area (Å²) in [7, 11) is 3.74. The molecule has 1 atom stereocenters. The molecule has 0 bridgehead atoms. The summed E-state index contributed by atoms with van der Waals surface area (Å²) in [5.41, 5.74) is 3.19. The zero-order valence-electron chi connectivity index (χ0n) is 12.2. The molecular formula is C17H21NO2. The van der Waals surface area contributed by atoms with E-state index in [1.165, 1.54) is 0 Å². The van der Waals surface area contributed by atoms with E-state index in [0.717, 1.165) is 29.1 Å². The summed E-state index contributed by atoms with van der Waals surface area (Å²) in [6, 6.07) is 16.0. The zero-order valence-corrected chi connectivity index (χ0v) is 12.2. The van der Waals surface area contributed by atoms with Crippen molar-refractivity contribution in [3.8, 4) is 5.75 Å². The molecule has 0 aliphatic heterocycles. The number of hydrogen-bond donors (Lipinski definition) is 1. The quantitative estimate of drug-likeness (QED) is 0.905. The van der Waals surface area contributed by atoms with Gasteiger partial charge in [-0.25, -0.2) is 0 Å². The van der Waals surface area contributed by atoms with Crippen molar-refractivity contribution in [2.45, 2.75) is 19.6 Å². The normalized spacial score (nSPS) is 12.0. The maximum Gasteiger partial charge on any atom is 0.123 e. The standard InChI is InChI=1S/C17H21NO2/c1-13(19)14-8-10-16(11-9-14)18(2)12-15-6-4-5-7-17(15)20-3/h4-11,13,19H,12H2,1-3H3/t13-/m0/s1. The van der Waals surface area contributed by atoms with Gasteiger partial charge < -0.3 is 14.7 Å². The van der Waals surface area contributed by atoms with Gasteiger partial charge in [-0.2, -0.15) is 0 Å². The van der Waals surface area contributed by atoms with Crippen molar-refractivity contribution < 1.29 is 9.84 Å². The van der Waals surface area contributed by atoms with Gasteiger partial charge in [0.05, 0.1) is 13.2 Å². The molecule has 3 heteroatoms. The van der Waals surface area contributed by atoms with Crippen LogP contribution in [0, 0.1) is 0 Å². The lowest BCUT2D eigenvalue weighted by Crippen LogP contribution is -2.16. The Balaban J connectivity index is 2.13. The number of nitrogens with zero attached hydrogens (tertiary/aromatic N) is 1. The highest BCUT2D eigenvalue weighted by atomic mass is 16.5. The molecule has 2 aromatic carbocycles. The van der Waals surface area contributed by atoms with Crippen LogP contribution < -0.4 is 9.64 Å². The third-order valence-electron chi connectivity index (χ3n) is 3.42. The van der Waals surface area contributed by atoms with Crippen LogP contribution in [0.25, 0.3) is 0 Å². The summed E-state index contributed by atoms with van der Waals surface area (Å²) in [4.78, 5) is 2.16. The van der Waals surface area contributed by atoms with Gasteiger partial charge in [0.25, 0.3) is 0 Å². The number of aliphatic hydroxyl groups is 1. The second kappa shape index (κ2) is 6.44. The first-order valence-electron chi connectivity index (χ1n) is 6.73. The molecular weight excluding hydrogens is 250 g/mol. The number of benzene rings is 2. The maximum absolute atomic E-state index is 9.53. The zero-order chi connectivity index (χ0) is 14.5. The fraction of sp³-hybridized carbons (Fsp3) is 0.294. The Bertz CT molecular complexity index is 549. The summed E-state index contributed by atoms with van der Waals surface area (Å²) in [6.07, 6.45) is -0.427. The van der Waals surface area contributed by atoms with Gasteiger partial charge >= 0.3 is 0 Å². The first-order valence-corrected chi connectivity index (χ1v) is 6.73. The fourth-order valence-corrected chi connectivity index (χ4v) is 2.19. The Morgan fingerprint density at radius 1 is 1.10 bits per heavy atom. The molecule has 1 N–H and O–H groups in total. The van der Waals surface area contributed by atoms with Gasteiger partial charge in [-0.1, -0.05) is 30.3 Å². The van der Waals surface area contributed by atoms with Crippen LogP contribution in [0.3, 0.4) is 0 Å². The molecule has 0 aliphatic rings. The summed E-state index contributed by atoms with van der Waals surface area (Å²) in [5.74, 6) is 0.903. The molecule has 0 aromatic heterocycles. The molecule has 106 valence electrons. The third kappa shape index (κ3) is 3.31. The summed E-state index contributed by atoms with van der Waals surface area (Å²) >= 11 is 0. The Hall–Kier alpha value is -2.00. The van der Waals surface area contributed by atoms with E-state index in [-0.39, 0.29) is 0 Å². The predicted molar refractivity (Wildman–Crippen MR) is 82.2 cm³/mol. The minimum atomic E-state index is -0.427. The average molecular weight is 271 g/mol. The number of aliphatic hydroxyl groups excluding tert-OH is 1. The summed E-state index contributed by atoms with van der Waals surface area (Å²) in [6.45, 7) is 2.55. The second-order valence-corrected chi connectivity index (χ2v) is 4.94.